The average molecular weight is 400 g/mol. The smallest absolute Gasteiger partial charge is 0.273 e. The zero-order chi connectivity index (χ0) is 20.6. The standard InChI is InChI=1S/C22H20N6O2/c29-22(19-16-28(27-25-19)15-7-10-17-8-3-1-4-9-17)23-14-13-20-24-21(26-30-20)18-11-5-2-6-12-18/h1-12,16H,13-15H2,(H,23,29). The summed E-state index contributed by atoms with van der Waals surface area (Å²) in [7, 11) is 0. The topological polar surface area (TPSA) is 98.7 Å². The van der Waals surface area contributed by atoms with Crippen molar-refractivity contribution in [3.8, 4) is 11.4 Å². The van der Waals surface area contributed by atoms with Gasteiger partial charge in [-0.3, -0.25) is 4.79 Å². The van der Waals surface area contributed by atoms with E-state index in [0.29, 0.717) is 31.2 Å². The summed E-state index contributed by atoms with van der Waals surface area (Å²) in [5.74, 6) is 0.698. The Hall–Kier alpha value is -4.07. The van der Waals surface area contributed by atoms with E-state index >= 15 is 0 Å². The van der Waals surface area contributed by atoms with Crippen LogP contribution in [0, 0.1) is 0 Å². The van der Waals surface area contributed by atoms with Crippen molar-refractivity contribution in [3.05, 3.63) is 90.1 Å². The molecule has 0 atom stereocenters. The summed E-state index contributed by atoms with van der Waals surface area (Å²) >= 11 is 0. The Balaban J connectivity index is 1.25. The van der Waals surface area contributed by atoms with Crippen LogP contribution in [0.25, 0.3) is 17.5 Å². The lowest BCUT2D eigenvalue weighted by Crippen LogP contribution is -2.26. The van der Waals surface area contributed by atoms with Crippen LogP contribution in [0.4, 0.5) is 0 Å². The van der Waals surface area contributed by atoms with Gasteiger partial charge in [0, 0.05) is 18.5 Å². The Morgan fingerprint density at radius 2 is 1.83 bits per heavy atom. The molecular formula is C22H20N6O2. The van der Waals surface area contributed by atoms with Crippen LogP contribution >= 0.6 is 0 Å². The van der Waals surface area contributed by atoms with Crippen molar-refractivity contribution in [3.63, 3.8) is 0 Å². The van der Waals surface area contributed by atoms with Crippen LogP contribution in [-0.2, 0) is 13.0 Å². The second-order valence-corrected chi connectivity index (χ2v) is 6.52. The van der Waals surface area contributed by atoms with Crippen LogP contribution in [0.1, 0.15) is 21.9 Å². The summed E-state index contributed by atoms with van der Waals surface area (Å²) < 4.78 is 6.85. The van der Waals surface area contributed by atoms with Crippen molar-refractivity contribution in [1.29, 1.82) is 0 Å². The number of carbonyl (C=O) groups is 1. The molecule has 2 aromatic carbocycles. The monoisotopic (exact) mass is 400 g/mol. The highest BCUT2D eigenvalue weighted by Gasteiger charge is 2.12. The van der Waals surface area contributed by atoms with Gasteiger partial charge >= 0.3 is 0 Å². The van der Waals surface area contributed by atoms with Crippen molar-refractivity contribution in [2.75, 3.05) is 6.54 Å². The van der Waals surface area contributed by atoms with Gasteiger partial charge in [-0.2, -0.15) is 4.98 Å². The van der Waals surface area contributed by atoms with E-state index in [-0.39, 0.29) is 11.6 Å². The van der Waals surface area contributed by atoms with Crippen LogP contribution in [0.3, 0.4) is 0 Å². The van der Waals surface area contributed by atoms with E-state index < -0.39 is 0 Å². The number of rotatable bonds is 8. The zero-order valence-electron chi connectivity index (χ0n) is 16.2. The lowest BCUT2D eigenvalue weighted by atomic mass is 10.2. The molecule has 0 aliphatic rings. The molecule has 0 fully saturated rings. The molecule has 0 spiro atoms. The summed E-state index contributed by atoms with van der Waals surface area (Å²) in [6, 6.07) is 19.5. The quantitative estimate of drug-likeness (QED) is 0.488. The summed E-state index contributed by atoms with van der Waals surface area (Å²) in [5.41, 5.74) is 2.25. The predicted molar refractivity (Wildman–Crippen MR) is 111 cm³/mol. The second-order valence-electron chi connectivity index (χ2n) is 6.52. The maximum atomic E-state index is 12.3. The van der Waals surface area contributed by atoms with Crippen molar-refractivity contribution < 1.29 is 9.32 Å². The summed E-state index contributed by atoms with van der Waals surface area (Å²) in [5, 5.41) is 14.7. The van der Waals surface area contributed by atoms with Gasteiger partial charge in [0.25, 0.3) is 5.91 Å². The highest BCUT2D eigenvalue weighted by Crippen LogP contribution is 2.14. The maximum Gasteiger partial charge on any atom is 0.273 e. The molecule has 0 saturated heterocycles. The molecule has 8 heteroatoms. The predicted octanol–water partition coefficient (Wildman–Crippen LogP) is 3.01. The number of nitrogens with one attached hydrogen (secondary N) is 1. The van der Waals surface area contributed by atoms with Gasteiger partial charge in [-0.1, -0.05) is 83.2 Å². The molecule has 2 aromatic heterocycles. The molecule has 150 valence electrons. The molecule has 4 aromatic rings. The van der Waals surface area contributed by atoms with E-state index in [1.807, 2.05) is 72.8 Å². The van der Waals surface area contributed by atoms with E-state index in [1.165, 1.54) is 0 Å². The molecule has 2 heterocycles. The average Bonchev–Trinajstić information content (AvgIpc) is 3.45. The van der Waals surface area contributed by atoms with Crippen molar-refractivity contribution >= 4 is 12.0 Å². The SMILES string of the molecule is O=C(NCCc1nc(-c2ccccc2)no1)c1cn(CC=Cc2ccccc2)nn1. The molecule has 0 bridgehead atoms. The molecule has 0 aliphatic carbocycles. The Morgan fingerprint density at radius 3 is 2.63 bits per heavy atom. The van der Waals surface area contributed by atoms with E-state index in [0.717, 1.165) is 11.1 Å². The minimum atomic E-state index is -0.295. The number of aromatic nitrogens is 5. The van der Waals surface area contributed by atoms with Crippen molar-refractivity contribution in [2.45, 2.75) is 13.0 Å². The zero-order valence-corrected chi connectivity index (χ0v) is 16.2. The first kappa shape index (κ1) is 19.3. The van der Waals surface area contributed by atoms with Crippen LogP contribution in [-0.4, -0.2) is 37.6 Å². The molecule has 0 unspecified atom stereocenters. The fourth-order valence-electron chi connectivity index (χ4n) is 2.79. The van der Waals surface area contributed by atoms with Crippen LogP contribution in [0.2, 0.25) is 0 Å². The third-order valence-electron chi connectivity index (χ3n) is 4.30. The normalized spacial score (nSPS) is 11.1. The molecular weight excluding hydrogens is 380 g/mol. The van der Waals surface area contributed by atoms with Crippen LogP contribution in [0.5, 0.6) is 0 Å². The number of benzene rings is 2. The number of hydrogen-bond acceptors (Lipinski definition) is 6. The van der Waals surface area contributed by atoms with E-state index in [1.54, 1.807) is 10.9 Å². The van der Waals surface area contributed by atoms with Gasteiger partial charge in [0.1, 0.15) is 0 Å². The summed E-state index contributed by atoms with van der Waals surface area (Å²) in [6.45, 7) is 0.884. The maximum absolute atomic E-state index is 12.3. The molecule has 1 amide bonds. The van der Waals surface area contributed by atoms with E-state index in [4.69, 9.17) is 4.52 Å². The highest BCUT2D eigenvalue weighted by molar-refractivity contribution is 5.91. The summed E-state index contributed by atoms with van der Waals surface area (Å²) in [6.07, 6.45) is 6.01. The second kappa shape index (κ2) is 9.42. The van der Waals surface area contributed by atoms with Gasteiger partial charge in [0.15, 0.2) is 5.69 Å². The number of hydrogen-bond donors (Lipinski definition) is 1. The Kier molecular flexibility index (Phi) is 6.05. The fourth-order valence-corrected chi connectivity index (χ4v) is 2.79. The van der Waals surface area contributed by atoms with Gasteiger partial charge in [-0.25, -0.2) is 4.68 Å². The number of nitrogens with zero attached hydrogens (tertiary/aromatic N) is 5. The van der Waals surface area contributed by atoms with Gasteiger partial charge in [0.05, 0.1) is 12.7 Å². The first-order valence-electron chi connectivity index (χ1n) is 9.56. The van der Waals surface area contributed by atoms with E-state index in [2.05, 4.69) is 25.8 Å². The van der Waals surface area contributed by atoms with E-state index in [9.17, 15) is 4.79 Å². The van der Waals surface area contributed by atoms with Gasteiger partial charge < -0.3 is 9.84 Å². The molecule has 30 heavy (non-hydrogen) atoms. The number of carbonyl (C=O) groups excluding carboxylic acids is 1. The molecule has 1 N–H and O–H groups in total. The third kappa shape index (κ3) is 5.05. The molecule has 8 nitrogen and oxygen atoms in total. The van der Waals surface area contributed by atoms with Crippen LogP contribution in [0.15, 0.2) is 77.5 Å². The largest absolute Gasteiger partial charge is 0.350 e. The Bertz CT molecular complexity index is 1120. The van der Waals surface area contributed by atoms with Gasteiger partial charge in [0.2, 0.25) is 11.7 Å². The van der Waals surface area contributed by atoms with Crippen molar-refractivity contribution in [2.24, 2.45) is 0 Å². The van der Waals surface area contributed by atoms with Gasteiger partial charge in [-0.05, 0) is 5.56 Å². The molecule has 0 saturated carbocycles. The summed E-state index contributed by atoms with van der Waals surface area (Å²) in [4.78, 5) is 16.6. The first-order valence-corrected chi connectivity index (χ1v) is 9.56. The third-order valence-corrected chi connectivity index (χ3v) is 4.30. The molecule has 0 aliphatic heterocycles. The molecule has 4 rings (SSSR count). The Morgan fingerprint density at radius 1 is 1.07 bits per heavy atom. The first-order chi connectivity index (χ1) is 14.8. The lowest BCUT2D eigenvalue weighted by Gasteiger charge is -1.99. The minimum Gasteiger partial charge on any atom is -0.350 e. The lowest BCUT2D eigenvalue weighted by molar-refractivity contribution is 0.0948. The van der Waals surface area contributed by atoms with Gasteiger partial charge in [-0.15, -0.1) is 5.10 Å². The minimum absolute atomic E-state index is 0.263. The number of allylic oxidation sites excluding steroid dienone is 1. The number of amides is 1. The molecule has 0 radical (unpaired) electrons. The Labute approximate surface area is 173 Å². The highest BCUT2D eigenvalue weighted by atomic mass is 16.5. The fraction of sp³-hybridized carbons (Fsp3) is 0.136. The van der Waals surface area contributed by atoms with Crippen molar-refractivity contribution in [1.82, 2.24) is 30.5 Å². The van der Waals surface area contributed by atoms with Crippen LogP contribution < -0.4 is 5.32 Å².